The first-order valence-electron chi connectivity index (χ1n) is 6.95. The average molecular weight is 268 g/mol. The SMILES string of the molecule is C=CCCCN(C)C(=NC)NCCC(=O)NCCC. The van der Waals surface area contributed by atoms with Gasteiger partial charge in [0.15, 0.2) is 5.96 Å². The molecule has 0 radical (unpaired) electrons. The number of unbranched alkanes of at least 4 members (excludes halogenated alkanes) is 1. The van der Waals surface area contributed by atoms with E-state index in [1.54, 1.807) is 7.05 Å². The van der Waals surface area contributed by atoms with Crippen LogP contribution in [0.1, 0.15) is 32.6 Å². The summed E-state index contributed by atoms with van der Waals surface area (Å²) < 4.78 is 0. The first-order valence-corrected chi connectivity index (χ1v) is 6.95. The third kappa shape index (κ3) is 9.11. The Morgan fingerprint density at radius 2 is 2.11 bits per heavy atom. The number of hydrogen-bond acceptors (Lipinski definition) is 2. The van der Waals surface area contributed by atoms with E-state index in [-0.39, 0.29) is 5.91 Å². The highest BCUT2D eigenvalue weighted by molar-refractivity contribution is 5.81. The number of allylic oxidation sites excluding steroid dienone is 1. The molecule has 0 saturated carbocycles. The van der Waals surface area contributed by atoms with Crippen LogP contribution >= 0.6 is 0 Å². The molecule has 0 spiro atoms. The second-order valence-electron chi connectivity index (χ2n) is 4.43. The van der Waals surface area contributed by atoms with Gasteiger partial charge < -0.3 is 15.5 Å². The predicted molar refractivity (Wildman–Crippen MR) is 81.3 cm³/mol. The Morgan fingerprint density at radius 3 is 2.68 bits per heavy atom. The van der Waals surface area contributed by atoms with Crippen molar-refractivity contribution < 1.29 is 4.79 Å². The summed E-state index contributed by atoms with van der Waals surface area (Å²) in [5.74, 6) is 0.909. The maximum Gasteiger partial charge on any atom is 0.221 e. The fourth-order valence-corrected chi connectivity index (χ4v) is 1.60. The highest BCUT2D eigenvalue weighted by Crippen LogP contribution is 1.94. The number of amides is 1. The number of hydrogen-bond donors (Lipinski definition) is 2. The van der Waals surface area contributed by atoms with Crippen LogP contribution in [0.4, 0.5) is 0 Å². The van der Waals surface area contributed by atoms with Crippen molar-refractivity contribution in [3.8, 4) is 0 Å². The second-order valence-corrected chi connectivity index (χ2v) is 4.43. The molecule has 0 aromatic heterocycles. The van der Waals surface area contributed by atoms with Gasteiger partial charge in [-0.2, -0.15) is 0 Å². The zero-order valence-electron chi connectivity index (χ0n) is 12.5. The molecule has 0 rings (SSSR count). The summed E-state index contributed by atoms with van der Waals surface area (Å²) >= 11 is 0. The third-order valence-electron chi connectivity index (χ3n) is 2.68. The molecule has 0 bridgehead atoms. The quantitative estimate of drug-likeness (QED) is 0.287. The fraction of sp³-hybridized carbons (Fsp3) is 0.714. The van der Waals surface area contributed by atoms with Crippen molar-refractivity contribution in [2.45, 2.75) is 32.6 Å². The summed E-state index contributed by atoms with van der Waals surface area (Å²) in [6.07, 6.45) is 5.41. The number of rotatable bonds is 9. The van der Waals surface area contributed by atoms with E-state index in [0.29, 0.717) is 13.0 Å². The van der Waals surface area contributed by atoms with Gasteiger partial charge in [0, 0.05) is 40.2 Å². The lowest BCUT2D eigenvalue weighted by Gasteiger charge is -2.21. The summed E-state index contributed by atoms with van der Waals surface area (Å²) in [5, 5.41) is 6.04. The largest absolute Gasteiger partial charge is 0.356 e. The van der Waals surface area contributed by atoms with Crippen LogP contribution in [0.2, 0.25) is 0 Å². The predicted octanol–water partition coefficient (Wildman–Crippen LogP) is 1.38. The van der Waals surface area contributed by atoms with Gasteiger partial charge in [-0.05, 0) is 19.3 Å². The van der Waals surface area contributed by atoms with E-state index in [0.717, 1.165) is 38.3 Å². The molecule has 0 saturated heterocycles. The minimum Gasteiger partial charge on any atom is -0.356 e. The molecule has 2 N–H and O–H groups in total. The number of nitrogens with zero attached hydrogens (tertiary/aromatic N) is 2. The lowest BCUT2D eigenvalue weighted by molar-refractivity contribution is -0.120. The minimum absolute atomic E-state index is 0.0825. The van der Waals surface area contributed by atoms with Crippen molar-refractivity contribution in [1.82, 2.24) is 15.5 Å². The van der Waals surface area contributed by atoms with E-state index < -0.39 is 0 Å². The zero-order valence-corrected chi connectivity index (χ0v) is 12.5. The maximum atomic E-state index is 11.4. The van der Waals surface area contributed by atoms with E-state index >= 15 is 0 Å². The van der Waals surface area contributed by atoms with Crippen LogP contribution in [0.25, 0.3) is 0 Å². The van der Waals surface area contributed by atoms with Crippen LogP contribution in [0, 0.1) is 0 Å². The van der Waals surface area contributed by atoms with Gasteiger partial charge in [0.25, 0.3) is 0 Å². The summed E-state index contributed by atoms with van der Waals surface area (Å²) in [7, 11) is 3.75. The van der Waals surface area contributed by atoms with Gasteiger partial charge in [0.1, 0.15) is 0 Å². The van der Waals surface area contributed by atoms with E-state index in [1.807, 2.05) is 20.0 Å². The van der Waals surface area contributed by atoms with Crippen LogP contribution < -0.4 is 10.6 Å². The van der Waals surface area contributed by atoms with E-state index in [9.17, 15) is 4.79 Å². The molecule has 0 unspecified atom stereocenters. The van der Waals surface area contributed by atoms with Gasteiger partial charge in [-0.15, -0.1) is 6.58 Å². The molecule has 1 amide bonds. The number of carbonyl (C=O) groups is 1. The summed E-state index contributed by atoms with van der Waals surface area (Å²) in [6, 6.07) is 0. The van der Waals surface area contributed by atoms with Crippen LogP contribution in [0.3, 0.4) is 0 Å². The molecule has 5 nitrogen and oxygen atoms in total. The van der Waals surface area contributed by atoms with Crippen molar-refractivity contribution in [3.05, 3.63) is 12.7 Å². The molecule has 110 valence electrons. The Kier molecular flexibility index (Phi) is 10.6. The van der Waals surface area contributed by atoms with Gasteiger partial charge in [0.05, 0.1) is 0 Å². The molecular formula is C14H28N4O. The van der Waals surface area contributed by atoms with E-state index in [2.05, 4.69) is 27.1 Å². The van der Waals surface area contributed by atoms with Crippen molar-refractivity contribution in [1.29, 1.82) is 0 Å². The van der Waals surface area contributed by atoms with E-state index in [4.69, 9.17) is 0 Å². The van der Waals surface area contributed by atoms with Gasteiger partial charge >= 0.3 is 0 Å². The second kappa shape index (κ2) is 11.6. The average Bonchev–Trinajstić information content (AvgIpc) is 2.41. The molecule has 5 heteroatoms. The number of carbonyl (C=O) groups excluding carboxylic acids is 1. The van der Waals surface area contributed by atoms with Gasteiger partial charge in [-0.3, -0.25) is 9.79 Å². The smallest absolute Gasteiger partial charge is 0.221 e. The Hall–Kier alpha value is -1.52. The molecule has 0 aromatic carbocycles. The molecule has 0 aliphatic carbocycles. The molecule has 0 aliphatic rings. The Morgan fingerprint density at radius 1 is 1.37 bits per heavy atom. The topological polar surface area (TPSA) is 56.7 Å². The summed E-state index contributed by atoms with van der Waals surface area (Å²) in [6.45, 7) is 8.02. The molecule has 0 atom stereocenters. The Bertz CT molecular complexity index is 289. The first kappa shape index (κ1) is 17.5. The zero-order chi connectivity index (χ0) is 14.5. The first-order chi connectivity index (χ1) is 9.15. The molecule has 0 aromatic rings. The van der Waals surface area contributed by atoms with Crippen LogP contribution in [0.15, 0.2) is 17.6 Å². The van der Waals surface area contributed by atoms with Crippen molar-refractivity contribution in [2.75, 3.05) is 33.7 Å². The number of guanidine groups is 1. The Balaban J connectivity index is 3.87. The highest BCUT2D eigenvalue weighted by Gasteiger charge is 2.05. The molecule has 19 heavy (non-hydrogen) atoms. The summed E-state index contributed by atoms with van der Waals surface area (Å²) in [4.78, 5) is 17.7. The van der Waals surface area contributed by atoms with Crippen molar-refractivity contribution in [3.63, 3.8) is 0 Å². The fourth-order valence-electron chi connectivity index (χ4n) is 1.60. The standard InChI is InChI=1S/C14H28N4O/c1-5-7-8-12-18(4)14(15-3)17-11-9-13(19)16-10-6-2/h5H,1,6-12H2,2-4H3,(H,15,17)(H,16,19). The maximum absolute atomic E-state index is 11.4. The molecule has 0 fully saturated rings. The van der Waals surface area contributed by atoms with Crippen LogP contribution in [-0.2, 0) is 4.79 Å². The third-order valence-corrected chi connectivity index (χ3v) is 2.68. The minimum atomic E-state index is 0.0825. The highest BCUT2D eigenvalue weighted by atomic mass is 16.1. The molecular weight excluding hydrogens is 240 g/mol. The van der Waals surface area contributed by atoms with Gasteiger partial charge in [0.2, 0.25) is 5.91 Å². The summed E-state index contributed by atoms with van der Waals surface area (Å²) in [5.41, 5.74) is 0. The van der Waals surface area contributed by atoms with Gasteiger partial charge in [-0.25, -0.2) is 0 Å². The monoisotopic (exact) mass is 268 g/mol. The molecule has 0 aliphatic heterocycles. The number of nitrogens with one attached hydrogen (secondary N) is 2. The van der Waals surface area contributed by atoms with Crippen molar-refractivity contribution >= 4 is 11.9 Å². The lowest BCUT2D eigenvalue weighted by atomic mass is 10.3. The van der Waals surface area contributed by atoms with Crippen LogP contribution in [0.5, 0.6) is 0 Å². The van der Waals surface area contributed by atoms with E-state index in [1.165, 1.54) is 0 Å². The van der Waals surface area contributed by atoms with Crippen LogP contribution in [-0.4, -0.2) is 50.5 Å². The Labute approximate surface area is 117 Å². The van der Waals surface area contributed by atoms with Gasteiger partial charge in [-0.1, -0.05) is 13.0 Å². The molecule has 0 heterocycles. The number of aliphatic imine (C=N–C) groups is 1. The lowest BCUT2D eigenvalue weighted by Crippen LogP contribution is -2.41. The van der Waals surface area contributed by atoms with Crippen molar-refractivity contribution in [2.24, 2.45) is 4.99 Å². The normalized spacial score (nSPS) is 11.0.